The van der Waals surface area contributed by atoms with Gasteiger partial charge in [0.1, 0.15) is 0 Å². The molecule has 3 saturated carbocycles. The Hall–Kier alpha value is -3.07. The van der Waals surface area contributed by atoms with Crippen molar-refractivity contribution >= 4 is 44.3 Å². The number of anilines is 3. The van der Waals surface area contributed by atoms with Gasteiger partial charge in [-0.3, -0.25) is 9.82 Å². The molecule has 7 rings (SSSR count). The van der Waals surface area contributed by atoms with E-state index in [4.69, 9.17) is 11.1 Å². The van der Waals surface area contributed by atoms with E-state index in [-0.39, 0.29) is 11.3 Å². The first kappa shape index (κ1) is 20.3. The lowest BCUT2D eigenvalue weighted by atomic mass is 9.67. The topological polar surface area (TPSA) is 137 Å². The quantitative estimate of drug-likeness (QED) is 0.275. The van der Waals surface area contributed by atoms with E-state index < -0.39 is 10.0 Å². The first-order valence-electron chi connectivity index (χ1n) is 12.1. The summed E-state index contributed by atoms with van der Waals surface area (Å²) >= 11 is 0. The highest BCUT2D eigenvalue weighted by Crippen LogP contribution is 2.64. The van der Waals surface area contributed by atoms with Crippen molar-refractivity contribution in [2.75, 3.05) is 15.8 Å². The number of fused-ring (bicyclic) bond motifs is 8. The normalized spacial score (nSPS) is 29.5. The molecule has 3 aromatic rings. The number of nitrogens with two attached hydrogens (primary N) is 1. The van der Waals surface area contributed by atoms with E-state index in [0.29, 0.717) is 48.0 Å². The second-order valence-electron chi connectivity index (χ2n) is 10.5. The third kappa shape index (κ3) is 2.85. The number of sulfonamides is 1. The highest BCUT2D eigenvalue weighted by atomic mass is 32.2. The van der Waals surface area contributed by atoms with Crippen LogP contribution in [0.5, 0.6) is 0 Å². The fourth-order valence-electron chi connectivity index (χ4n) is 7.01. The van der Waals surface area contributed by atoms with Gasteiger partial charge in [-0.25, -0.2) is 8.42 Å². The van der Waals surface area contributed by atoms with Crippen molar-refractivity contribution in [1.29, 1.82) is 5.41 Å². The van der Waals surface area contributed by atoms with Crippen molar-refractivity contribution in [3.8, 4) is 0 Å². The number of benzene rings is 2. The van der Waals surface area contributed by atoms with E-state index in [0.717, 1.165) is 27.7 Å². The summed E-state index contributed by atoms with van der Waals surface area (Å²) in [7, 11) is -3.39. The largest absolute Gasteiger partial charge is 0.398 e. The van der Waals surface area contributed by atoms with E-state index in [2.05, 4.69) is 38.4 Å². The van der Waals surface area contributed by atoms with Gasteiger partial charge in [-0.1, -0.05) is 6.07 Å². The zero-order chi connectivity index (χ0) is 23.2. The predicted molar refractivity (Wildman–Crippen MR) is 134 cm³/mol. The molecule has 4 aliphatic rings. The van der Waals surface area contributed by atoms with Crippen LogP contribution in [0.15, 0.2) is 30.3 Å². The summed E-state index contributed by atoms with van der Waals surface area (Å²) in [5, 5.41) is 19.6. The second-order valence-corrected chi connectivity index (χ2v) is 12.4. The van der Waals surface area contributed by atoms with Crippen molar-refractivity contribution < 1.29 is 8.42 Å². The van der Waals surface area contributed by atoms with Gasteiger partial charge in [0.2, 0.25) is 10.0 Å². The van der Waals surface area contributed by atoms with Gasteiger partial charge in [0.25, 0.3) is 0 Å². The van der Waals surface area contributed by atoms with Gasteiger partial charge in [0.15, 0.2) is 5.82 Å². The fourth-order valence-corrected chi connectivity index (χ4v) is 8.36. The van der Waals surface area contributed by atoms with Gasteiger partial charge < -0.3 is 16.5 Å². The molecular formula is C25H28N6O2S. The summed E-state index contributed by atoms with van der Waals surface area (Å²) in [6.45, 7) is 0. The summed E-state index contributed by atoms with van der Waals surface area (Å²) in [5.41, 5.74) is 12.0. The van der Waals surface area contributed by atoms with Gasteiger partial charge in [-0.2, -0.15) is 5.10 Å². The van der Waals surface area contributed by atoms with Crippen molar-refractivity contribution in [3.63, 3.8) is 0 Å². The van der Waals surface area contributed by atoms with E-state index in [1.165, 1.54) is 31.0 Å². The number of nitrogen functional groups attached to an aromatic ring is 1. The molecule has 1 aliphatic heterocycles. The maximum absolute atomic E-state index is 12.5. The molecule has 176 valence electrons. The van der Waals surface area contributed by atoms with Crippen LogP contribution in [0.3, 0.4) is 0 Å². The Balaban J connectivity index is 1.33. The highest BCUT2D eigenvalue weighted by molar-refractivity contribution is 7.93. The van der Waals surface area contributed by atoms with E-state index in [9.17, 15) is 8.42 Å². The predicted octanol–water partition coefficient (Wildman–Crippen LogP) is 4.34. The van der Waals surface area contributed by atoms with Gasteiger partial charge in [-0.05, 0) is 91.2 Å². The molecule has 2 bridgehead atoms. The first-order chi connectivity index (χ1) is 16.4. The van der Waals surface area contributed by atoms with Crippen LogP contribution in [0.1, 0.15) is 60.8 Å². The molecule has 1 aromatic heterocycles. The molecule has 0 saturated heterocycles. The molecule has 0 radical (unpaired) electrons. The Labute approximate surface area is 198 Å². The molecule has 34 heavy (non-hydrogen) atoms. The third-order valence-corrected chi connectivity index (χ3v) is 10.5. The summed E-state index contributed by atoms with van der Waals surface area (Å²) in [6, 6.07) is 10.3. The Morgan fingerprint density at radius 2 is 1.94 bits per heavy atom. The van der Waals surface area contributed by atoms with Crippen LogP contribution in [-0.2, 0) is 10.0 Å². The molecule has 6 N–H and O–H groups in total. The number of hydrogen-bond donors (Lipinski definition) is 5. The molecule has 0 spiro atoms. The number of hydrogen-bond acceptors (Lipinski definition) is 6. The van der Waals surface area contributed by atoms with Gasteiger partial charge in [0, 0.05) is 28.5 Å². The monoisotopic (exact) mass is 476 g/mol. The lowest BCUT2D eigenvalue weighted by Crippen LogP contribution is -2.36. The van der Waals surface area contributed by atoms with Crippen LogP contribution < -0.4 is 15.8 Å². The summed E-state index contributed by atoms with van der Waals surface area (Å²) in [4.78, 5) is 0. The smallest absolute Gasteiger partial charge is 0.236 e. The third-order valence-electron chi connectivity index (χ3n) is 8.62. The molecule has 9 heteroatoms. The molecule has 2 unspecified atom stereocenters. The van der Waals surface area contributed by atoms with Crippen LogP contribution >= 0.6 is 0 Å². The molecule has 2 heterocycles. The van der Waals surface area contributed by atoms with Gasteiger partial charge >= 0.3 is 0 Å². The zero-order valence-corrected chi connectivity index (χ0v) is 19.5. The molecule has 0 amide bonds. The number of rotatable bonds is 5. The lowest BCUT2D eigenvalue weighted by Gasteiger charge is -2.44. The first-order valence-corrected chi connectivity index (χ1v) is 13.7. The maximum atomic E-state index is 12.5. The molecule has 2 aromatic carbocycles. The van der Waals surface area contributed by atoms with Crippen molar-refractivity contribution in [1.82, 2.24) is 10.2 Å². The maximum Gasteiger partial charge on any atom is 0.236 e. The van der Waals surface area contributed by atoms with Crippen molar-refractivity contribution in [2.24, 2.45) is 17.8 Å². The van der Waals surface area contributed by atoms with Crippen LogP contribution in [0, 0.1) is 23.2 Å². The van der Waals surface area contributed by atoms with E-state index in [1.807, 2.05) is 12.1 Å². The van der Waals surface area contributed by atoms with Gasteiger partial charge in [0.05, 0.1) is 16.8 Å². The van der Waals surface area contributed by atoms with Crippen molar-refractivity contribution in [3.05, 3.63) is 47.0 Å². The molecule has 3 aliphatic carbocycles. The number of aromatic amines is 1. The molecule has 5 atom stereocenters. The number of aromatic nitrogens is 2. The minimum Gasteiger partial charge on any atom is -0.398 e. The SMILES string of the molecule is N=Cc1c(N)ccc2c1[C@H]1C3CCC(C3)[C@H]1[C@H](c1ccc3[nH]nc(NS(=O)(=O)C4CC4)c3c1)N2. The second kappa shape index (κ2) is 6.97. The van der Waals surface area contributed by atoms with E-state index >= 15 is 0 Å². The number of nitrogens with zero attached hydrogens (tertiary/aromatic N) is 1. The average molecular weight is 477 g/mol. The van der Waals surface area contributed by atoms with Crippen LogP contribution in [-0.4, -0.2) is 30.1 Å². The summed E-state index contributed by atoms with van der Waals surface area (Å²) in [5.74, 6) is 2.44. The van der Waals surface area contributed by atoms with Crippen molar-refractivity contribution in [2.45, 2.75) is 49.3 Å². The minimum atomic E-state index is -3.39. The Kier molecular flexibility index (Phi) is 4.17. The number of H-pyrrole nitrogens is 1. The summed E-state index contributed by atoms with van der Waals surface area (Å²) in [6.07, 6.45) is 6.53. The fraction of sp³-hybridized carbons (Fsp3) is 0.440. The van der Waals surface area contributed by atoms with Crippen LogP contribution in [0.2, 0.25) is 0 Å². The lowest BCUT2D eigenvalue weighted by molar-refractivity contribution is 0.247. The average Bonchev–Trinajstić information content (AvgIpc) is 3.35. The Morgan fingerprint density at radius 1 is 1.12 bits per heavy atom. The minimum absolute atomic E-state index is 0.113. The van der Waals surface area contributed by atoms with Crippen LogP contribution in [0.25, 0.3) is 10.9 Å². The standard InChI is InChI=1S/C25H28N6O2S/c26-11-17-18(27)6-8-20-23(17)21-12-1-2-13(9-12)22(21)24(28-20)14-3-7-19-16(10-14)25(30-29-19)31-34(32,33)15-4-5-15/h3,6-8,10-13,15,21-22,24,26,28H,1-2,4-5,9,27H2,(H2,29,30,31)/t12?,13?,21-,22+,24-/m0/s1. The summed E-state index contributed by atoms with van der Waals surface area (Å²) < 4.78 is 27.8. The molecule has 3 fully saturated rings. The molecular weight excluding hydrogens is 448 g/mol. The van der Waals surface area contributed by atoms with Gasteiger partial charge in [-0.15, -0.1) is 0 Å². The Bertz CT molecular complexity index is 1440. The zero-order valence-electron chi connectivity index (χ0n) is 18.7. The number of nitrogens with one attached hydrogen (secondary N) is 4. The Morgan fingerprint density at radius 3 is 2.74 bits per heavy atom. The van der Waals surface area contributed by atoms with E-state index in [1.54, 1.807) is 0 Å². The molecule has 8 nitrogen and oxygen atoms in total. The highest BCUT2D eigenvalue weighted by Gasteiger charge is 2.54. The van der Waals surface area contributed by atoms with Crippen LogP contribution in [0.4, 0.5) is 17.2 Å².